The second-order valence-electron chi connectivity index (χ2n) is 7.58. The first-order valence-corrected chi connectivity index (χ1v) is 12.7. The van der Waals surface area contributed by atoms with Crippen LogP contribution in [0.3, 0.4) is 0 Å². The Hall–Kier alpha value is -0.580. The van der Waals surface area contributed by atoms with Gasteiger partial charge >= 0.3 is 0 Å². The molecule has 0 fully saturated rings. The number of aromatic nitrogens is 1. The van der Waals surface area contributed by atoms with Crippen molar-refractivity contribution in [3.8, 4) is 0 Å². The van der Waals surface area contributed by atoms with Gasteiger partial charge in [-0.3, -0.25) is 5.14 Å². The van der Waals surface area contributed by atoms with E-state index in [2.05, 4.69) is 27.7 Å². The summed E-state index contributed by atoms with van der Waals surface area (Å²) in [6, 6.07) is 0. The Bertz CT molecular complexity index is 706. The van der Waals surface area contributed by atoms with E-state index in [4.69, 9.17) is 10.1 Å². The summed E-state index contributed by atoms with van der Waals surface area (Å²) in [4.78, 5) is 6.48. The summed E-state index contributed by atoms with van der Waals surface area (Å²) >= 11 is 3.37. The van der Waals surface area contributed by atoms with Crippen LogP contribution in [0.1, 0.15) is 101 Å². The molecule has 0 saturated heterocycles. The minimum absolute atomic E-state index is 1.10. The molecule has 0 atom stereocenters. The number of hydrogen-bond donors (Lipinski definition) is 1. The SMILES string of the molecule is CCCCc1nc2c(CCCC)c(CCCC)c(CCCC)c(SN)c2s1. The molecular formula is C23H38N2S2. The van der Waals surface area contributed by atoms with E-state index in [9.17, 15) is 0 Å². The number of benzene rings is 1. The summed E-state index contributed by atoms with van der Waals surface area (Å²) < 4.78 is 1.37. The molecule has 2 nitrogen and oxygen atoms in total. The van der Waals surface area contributed by atoms with Gasteiger partial charge in [0.15, 0.2) is 0 Å². The molecule has 0 spiro atoms. The first-order chi connectivity index (χ1) is 13.2. The van der Waals surface area contributed by atoms with Gasteiger partial charge in [-0.25, -0.2) is 4.98 Å². The molecule has 2 rings (SSSR count). The highest BCUT2D eigenvalue weighted by molar-refractivity contribution is 7.97. The van der Waals surface area contributed by atoms with E-state index >= 15 is 0 Å². The Kier molecular flexibility index (Phi) is 10.2. The number of aryl methyl sites for hydroxylation is 2. The fourth-order valence-corrected chi connectivity index (χ4v) is 5.72. The largest absolute Gasteiger partial charge is 0.274 e. The highest BCUT2D eigenvalue weighted by atomic mass is 32.2. The van der Waals surface area contributed by atoms with E-state index in [-0.39, 0.29) is 0 Å². The molecular weight excluding hydrogens is 368 g/mol. The van der Waals surface area contributed by atoms with Gasteiger partial charge in [0, 0.05) is 4.90 Å². The normalized spacial score (nSPS) is 11.6. The first-order valence-electron chi connectivity index (χ1n) is 11.0. The van der Waals surface area contributed by atoms with Crippen molar-refractivity contribution in [2.75, 3.05) is 0 Å². The van der Waals surface area contributed by atoms with Crippen LogP contribution in [-0.2, 0) is 25.7 Å². The third-order valence-corrected chi connectivity index (χ3v) is 7.32. The highest BCUT2D eigenvalue weighted by Gasteiger charge is 2.21. The summed E-state index contributed by atoms with van der Waals surface area (Å²) in [6.07, 6.45) is 14.5. The molecule has 1 aromatic heterocycles. The minimum atomic E-state index is 1.10. The van der Waals surface area contributed by atoms with Gasteiger partial charge < -0.3 is 0 Å². The maximum absolute atomic E-state index is 6.24. The summed E-state index contributed by atoms with van der Waals surface area (Å²) in [5.74, 6) is 0. The Labute approximate surface area is 174 Å². The maximum Gasteiger partial charge on any atom is 0.0939 e. The third-order valence-electron chi connectivity index (χ3n) is 5.37. The van der Waals surface area contributed by atoms with E-state index in [0.29, 0.717) is 0 Å². The lowest BCUT2D eigenvalue weighted by Gasteiger charge is -2.19. The maximum atomic E-state index is 6.24. The number of fused-ring (bicyclic) bond motifs is 1. The third kappa shape index (κ3) is 5.71. The van der Waals surface area contributed by atoms with Crippen LogP contribution in [0.15, 0.2) is 4.90 Å². The topological polar surface area (TPSA) is 38.9 Å². The van der Waals surface area contributed by atoms with Crippen molar-refractivity contribution in [2.24, 2.45) is 5.14 Å². The van der Waals surface area contributed by atoms with Gasteiger partial charge in [0.2, 0.25) is 0 Å². The second kappa shape index (κ2) is 12.1. The smallest absolute Gasteiger partial charge is 0.0939 e. The number of nitrogens with zero attached hydrogens (tertiary/aromatic N) is 1. The van der Waals surface area contributed by atoms with Crippen molar-refractivity contribution in [3.05, 3.63) is 21.7 Å². The van der Waals surface area contributed by atoms with E-state index in [1.165, 1.54) is 89.9 Å². The Morgan fingerprint density at radius 1 is 0.741 bits per heavy atom. The van der Waals surface area contributed by atoms with Gasteiger partial charge in [-0.2, -0.15) is 0 Å². The standard InChI is InChI=1S/C23H38N2S2/c1-5-9-13-17-18(14-10-6-2)21-23(26-20(25-21)16-12-8-4)22(27-24)19(17)15-11-7-3/h5-16,24H2,1-4H3. The molecule has 1 aromatic carbocycles. The van der Waals surface area contributed by atoms with Gasteiger partial charge in [-0.15, -0.1) is 11.3 Å². The zero-order chi connectivity index (χ0) is 19.6. The molecule has 0 aliphatic rings. The fraction of sp³-hybridized carbons (Fsp3) is 0.696. The van der Waals surface area contributed by atoms with Crippen LogP contribution in [0, 0.1) is 0 Å². The lowest BCUT2D eigenvalue weighted by Crippen LogP contribution is -2.06. The molecule has 0 amide bonds. The van der Waals surface area contributed by atoms with Crippen LogP contribution in [0.5, 0.6) is 0 Å². The van der Waals surface area contributed by atoms with Gasteiger partial charge in [0.25, 0.3) is 0 Å². The van der Waals surface area contributed by atoms with Crippen LogP contribution >= 0.6 is 23.3 Å². The van der Waals surface area contributed by atoms with Gasteiger partial charge in [0.05, 0.1) is 15.2 Å². The zero-order valence-electron chi connectivity index (χ0n) is 17.8. The molecule has 2 N–H and O–H groups in total. The van der Waals surface area contributed by atoms with Gasteiger partial charge in [-0.1, -0.05) is 53.4 Å². The van der Waals surface area contributed by atoms with Crippen molar-refractivity contribution in [1.82, 2.24) is 4.98 Å². The van der Waals surface area contributed by atoms with Gasteiger partial charge in [-0.05, 0) is 80.0 Å². The summed E-state index contributed by atoms with van der Waals surface area (Å²) in [6.45, 7) is 9.12. The fourth-order valence-electron chi connectivity index (χ4n) is 3.78. The number of unbranched alkanes of at least 4 members (excludes halogenated alkanes) is 4. The van der Waals surface area contributed by atoms with Crippen molar-refractivity contribution in [2.45, 2.75) is 110 Å². The predicted molar refractivity (Wildman–Crippen MR) is 124 cm³/mol. The molecule has 2 aromatic rings. The molecule has 152 valence electrons. The Morgan fingerprint density at radius 2 is 1.26 bits per heavy atom. The van der Waals surface area contributed by atoms with E-state index < -0.39 is 0 Å². The quantitative estimate of drug-likeness (QED) is 0.347. The van der Waals surface area contributed by atoms with Crippen LogP contribution < -0.4 is 5.14 Å². The molecule has 0 aliphatic carbocycles. The molecule has 4 heteroatoms. The van der Waals surface area contributed by atoms with E-state index in [1.54, 1.807) is 16.7 Å². The Balaban J connectivity index is 2.67. The van der Waals surface area contributed by atoms with E-state index in [1.807, 2.05) is 11.3 Å². The predicted octanol–water partition coefficient (Wildman–Crippen LogP) is 7.63. The minimum Gasteiger partial charge on any atom is -0.274 e. The average molecular weight is 407 g/mol. The van der Waals surface area contributed by atoms with Crippen molar-refractivity contribution in [3.63, 3.8) is 0 Å². The van der Waals surface area contributed by atoms with Crippen molar-refractivity contribution in [1.29, 1.82) is 0 Å². The number of nitrogens with two attached hydrogens (primary N) is 1. The second-order valence-corrected chi connectivity index (χ2v) is 9.31. The summed E-state index contributed by atoms with van der Waals surface area (Å²) in [5.41, 5.74) is 5.95. The van der Waals surface area contributed by atoms with Gasteiger partial charge in [0.1, 0.15) is 0 Å². The average Bonchev–Trinajstić information content (AvgIpc) is 3.10. The number of thiazole rings is 1. The van der Waals surface area contributed by atoms with Crippen LogP contribution in [0.4, 0.5) is 0 Å². The highest BCUT2D eigenvalue weighted by Crippen LogP contribution is 2.40. The summed E-state index contributed by atoms with van der Waals surface area (Å²) in [7, 11) is 0. The molecule has 27 heavy (non-hydrogen) atoms. The van der Waals surface area contributed by atoms with Crippen molar-refractivity contribution < 1.29 is 0 Å². The summed E-state index contributed by atoms with van der Waals surface area (Å²) in [5, 5.41) is 7.54. The molecule has 1 heterocycles. The molecule has 0 saturated carbocycles. The van der Waals surface area contributed by atoms with E-state index in [0.717, 1.165) is 19.3 Å². The number of rotatable bonds is 13. The number of hydrogen-bond acceptors (Lipinski definition) is 4. The molecule has 0 aliphatic heterocycles. The molecule has 0 unspecified atom stereocenters. The zero-order valence-corrected chi connectivity index (χ0v) is 19.5. The lowest BCUT2D eigenvalue weighted by molar-refractivity contribution is 0.731. The van der Waals surface area contributed by atoms with Crippen LogP contribution in [0.25, 0.3) is 10.2 Å². The molecule has 0 bridgehead atoms. The lowest BCUT2D eigenvalue weighted by atomic mass is 9.90. The van der Waals surface area contributed by atoms with Crippen LogP contribution in [0.2, 0.25) is 0 Å². The molecule has 0 radical (unpaired) electrons. The monoisotopic (exact) mass is 406 g/mol. The first kappa shape index (κ1) is 22.7. The van der Waals surface area contributed by atoms with Crippen molar-refractivity contribution >= 4 is 33.5 Å². The Morgan fingerprint density at radius 3 is 1.81 bits per heavy atom. The van der Waals surface area contributed by atoms with Crippen LogP contribution in [-0.4, -0.2) is 4.98 Å².